The molecule has 0 aliphatic carbocycles. The standard InChI is InChI=1S/C28H25N3O/c32-27(18-10-15-22-11-4-1-5-12-22)31-28-25(20-19-23-13-6-2-7-14-23)30-26(21-29-28)24-16-8-3-9-17-24/h1-9,11-14,16-17,19-21H,10,15,18H2,(H,29,31,32). The van der Waals surface area contributed by atoms with E-state index in [-0.39, 0.29) is 5.91 Å². The molecular weight excluding hydrogens is 394 g/mol. The van der Waals surface area contributed by atoms with E-state index in [1.807, 2.05) is 91.0 Å². The summed E-state index contributed by atoms with van der Waals surface area (Å²) in [5, 5.41) is 2.95. The topological polar surface area (TPSA) is 54.9 Å². The number of aromatic nitrogens is 2. The van der Waals surface area contributed by atoms with E-state index in [0.29, 0.717) is 17.9 Å². The molecule has 0 unspecified atom stereocenters. The fraction of sp³-hybridized carbons (Fsp3) is 0.107. The summed E-state index contributed by atoms with van der Waals surface area (Å²) in [5.74, 6) is 0.415. The van der Waals surface area contributed by atoms with Crippen molar-refractivity contribution in [3.8, 4) is 11.3 Å². The lowest BCUT2D eigenvalue weighted by atomic mass is 10.1. The normalized spacial score (nSPS) is 10.9. The largest absolute Gasteiger partial charge is 0.309 e. The molecule has 4 heteroatoms. The first-order valence-electron chi connectivity index (χ1n) is 10.8. The van der Waals surface area contributed by atoms with Crippen molar-refractivity contribution in [2.24, 2.45) is 0 Å². The van der Waals surface area contributed by atoms with Gasteiger partial charge in [-0.15, -0.1) is 0 Å². The zero-order valence-corrected chi connectivity index (χ0v) is 17.8. The second-order valence-corrected chi connectivity index (χ2v) is 7.49. The molecule has 1 aromatic heterocycles. The van der Waals surface area contributed by atoms with Crippen LogP contribution in [0.25, 0.3) is 23.4 Å². The number of anilines is 1. The van der Waals surface area contributed by atoms with E-state index < -0.39 is 0 Å². The van der Waals surface area contributed by atoms with Gasteiger partial charge in [0.05, 0.1) is 11.9 Å². The number of amides is 1. The van der Waals surface area contributed by atoms with Gasteiger partial charge in [-0.2, -0.15) is 0 Å². The average molecular weight is 420 g/mol. The summed E-state index contributed by atoms with van der Waals surface area (Å²) >= 11 is 0. The minimum absolute atomic E-state index is 0.0583. The van der Waals surface area contributed by atoms with Gasteiger partial charge in [0.15, 0.2) is 5.82 Å². The number of aryl methyl sites for hydroxylation is 1. The molecule has 1 N–H and O–H groups in total. The maximum absolute atomic E-state index is 12.6. The minimum atomic E-state index is -0.0583. The van der Waals surface area contributed by atoms with Gasteiger partial charge in [0, 0.05) is 12.0 Å². The lowest BCUT2D eigenvalue weighted by Crippen LogP contribution is -2.14. The van der Waals surface area contributed by atoms with Crippen molar-refractivity contribution in [2.75, 3.05) is 5.32 Å². The van der Waals surface area contributed by atoms with E-state index >= 15 is 0 Å². The van der Waals surface area contributed by atoms with Gasteiger partial charge < -0.3 is 5.32 Å². The average Bonchev–Trinajstić information content (AvgIpc) is 2.85. The quantitative estimate of drug-likeness (QED) is 0.366. The third-order valence-electron chi connectivity index (χ3n) is 5.07. The highest BCUT2D eigenvalue weighted by atomic mass is 16.1. The van der Waals surface area contributed by atoms with Gasteiger partial charge in [-0.25, -0.2) is 9.97 Å². The first kappa shape index (κ1) is 21.2. The van der Waals surface area contributed by atoms with E-state index in [4.69, 9.17) is 4.98 Å². The van der Waals surface area contributed by atoms with Gasteiger partial charge in [0.25, 0.3) is 0 Å². The molecule has 0 saturated heterocycles. The predicted octanol–water partition coefficient (Wildman–Crippen LogP) is 6.28. The molecule has 4 aromatic rings. The highest BCUT2D eigenvalue weighted by molar-refractivity contribution is 5.92. The number of nitrogens with zero attached hydrogens (tertiary/aromatic N) is 2. The van der Waals surface area contributed by atoms with Gasteiger partial charge in [-0.3, -0.25) is 4.79 Å². The van der Waals surface area contributed by atoms with Crippen LogP contribution in [0.1, 0.15) is 29.7 Å². The van der Waals surface area contributed by atoms with Crippen molar-refractivity contribution >= 4 is 23.9 Å². The van der Waals surface area contributed by atoms with Crippen molar-refractivity contribution in [3.05, 3.63) is 114 Å². The summed E-state index contributed by atoms with van der Waals surface area (Å²) in [6.07, 6.45) is 7.65. The molecule has 4 rings (SSSR count). The van der Waals surface area contributed by atoms with Crippen molar-refractivity contribution in [1.82, 2.24) is 9.97 Å². The molecule has 0 spiro atoms. The minimum Gasteiger partial charge on any atom is -0.309 e. The highest BCUT2D eigenvalue weighted by Gasteiger charge is 2.10. The molecule has 0 bridgehead atoms. The van der Waals surface area contributed by atoms with Crippen molar-refractivity contribution in [1.29, 1.82) is 0 Å². The third-order valence-corrected chi connectivity index (χ3v) is 5.07. The zero-order chi connectivity index (χ0) is 22.0. The first-order chi connectivity index (χ1) is 15.8. The Labute approximate surface area is 188 Å². The number of hydrogen-bond donors (Lipinski definition) is 1. The number of nitrogens with one attached hydrogen (secondary N) is 1. The van der Waals surface area contributed by atoms with E-state index in [1.165, 1.54) is 5.56 Å². The Morgan fingerprint density at radius 3 is 2.19 bits per heavy atom. The Morgan fingerprint density at radius 1 is 0.812 bits per heavy atom. The summed E-state index contributed by atoms with van der Waals surface area (Å²) in [4.78, 5) is 21.9. The molecule has 3 aromatic carbocycles. The molecule has 0 aliphatic heterocycles. The smallest absolute Gasteiger partial charge is 0.225 e. The van der Waals surface area contributed by atoms with Crippen LogP contribution in [0.4, 0.5) is 5.82 Å². The highest BCUT2D eigenvalue weighted by Crippen LogP contribution is 2.21. The maximum atomic E-state index is 12.6. The third kappa shape index (κ3) is 5.99. The van der Waals surface area contributed by atoms with Gasteiger partial charge >= 0.3 is 0 Å². The van der Waals surface area contributed by atoms with Crippen LogP contribution in [0.2, 0.25) is 0 Å². The molecule has 0 fully saturated rings. The summed E-state index contributed by atoms with van der Waals surface area (Å²) in [7, 11) is 0. The van der Waals surface area contributed by atoms with Gasteiger partial charge in [0.2, 0.25) is 5.91 Å². The van der Waals surface area contributed by atoms with Crippen LogP contribution in [0.5, 0.6) is 0 Å². The number of carbonyl (C=O) groups is 1. The molecule has 1 amide bonds. The molecule has 0 saturated carbocycles. The van der Waals surface area contributed by atoms with Crippen LogP contribution >= 0.6 is 0 Å². The summed E-state index contributed by atoms with van der Waals surface area (Å²) in [5.41, 5.74) is 4.67. The molecular formula is C28H25N3O. The van der Waals surface area contributed by atoms with E-state index in [0.717, 1.165) is 29.7 Å². The molecule has 1 heterocycles. The first-order valence-corrected chi connectivity index (χ1v) is 10.8. The summed E-state index contributed by atoms with van der Waals surface area (Å²) in [6.45, 7) is 0. The SMILES string of the molecule is O=C(CCCc1ccccc1)Nc1ncc(-c2ccccc2)nc1C=Cc1ccccc1. The monoisotopic (exact) mass is 419 g/mol. The molecule has 32 heavy (non-hydrogen) atoms. The van der Waals surface area contributed by atoms with E-state index in [9.17, 15) is 4.79 Å². The van der Waals surface area contributed by atoms with Crippen LogP contribution < -0.4 is 5.32 Å². The number of benzene rings is 3. The van der Waals surface area contributed by atoms with Crippen molar-refractivity contribution in [2.45, 2.75) is 19.3 Å². The Balaban J connectivity index is 1.50. The van der Waals surface area contributed by atoms with Crippen LogP contribution in [0, 0.1) is 0 Å². The number of rotatable bonds is 8. The van der Waals surface area contributed by atoms with Gasteiger partial charge in [-0.1, -0.05) is 97.1 Å². The lowest BCUT2D eigenvalue weighted by Gasteiger charge is -2.09. The van der Waals surface area contributed by atoms with Gasteiger partial charge in [-0.05, 0) is 30.0 Å². The molecule has 0 radical (unpaired) electrons. The zero-order valence-electron chi connectivity index (χ0n) is 17.8. The van der Waals surface area contributed by atoms with Crippen molar-refractivity contribution < 1.29 is 4.79 Å². The molecule has 158 valence electrons. The van der Waals surface area contributed by atoms with E-state index in [1.54, 1.807) is 6.20 Å². The van der Waals surface area contributed by atoms with Crippen LogP contribution in [-0.4, -0.2) is 15.9 Å². The van der Waals surface area contributed by atoms with E-state index in [2.05, 4.69) is 22.4 Å². The van der Waals surface area contributed by atoms with Crippen LogP contribution in [-0.2, 0) is 11.2 Å². The maximum Gasteiger partial charge on any atom is 0.225 e. The Kier molecular flexibility index (Phi) is 7.17. The Bertz CT molecular complexity index is 1170. The predicted molar refractivity (Wildman–Crippen MR) is 131 cm³/mol. The fourth-order valence-corrected chi connectivity index (χ4v) is 3.40. The molecule has 0 aliphatic rings. The molecule has 4 nitrogen and oxygen atoms in total. The Hall–Kier alpha value is -4.05. The summed E-state index contributed by atoms with van der Waals surface area (Å²) < 4.78 is 0. The fourth-order valence-electron chi connectivity index (χ4n) is 3.40. The lowest BCUT2D eigenvalue weighted by molar-refractivity contribution is -0.116. The second-order valence-electron chi connectivity index (χ2n) is 7.49. The molecule has 0 atom stereocenters. The number of hydrogen-bond acceptors (Lipinski definition) is 3. The van der Waals surface area contributed by atoms with Crippen molar-refractivity contribution in [3.63, 3.8) is 0 Å². The van der Waals surface area contributed by atoms with Crippen LogP contribution in [0.3, 0.4) is 0 Å². The summed E-state index contributed by atoms with van der Waals surface area (Å²) in [6, 6.07) is 30.1. The number of carbonyl (C=O) groups excluding carboxylic acids is 1. The second kappa shape index (κ2) is 10.8. The van der Waals surface area contributed by atoms with Crippen LogP contribution in [0.15, 0.2) is 97.2 Å². The van der Waals surface area contributed by atoms with Gasteiger partial charge in [0.1, 0.15) is 5.69 Å². The Morgan fingerprint density at radius 2 is 1.47 bits per heavy atom.